The average molecular weight is 391 g/mol. The van der Waals surface area contributed by atoms with Gasteiger partial charge < -0.3 is 10.1 Å². The Morgan fingerprint density at radius 2 is 2.07 bits per heavy atom. The van der Waals surface area contributed by atoms with Crippen LogP contribution in [0.1, 0.15) is 24.5 Å². The number of nitrogens with zero attached hydrogens (tertiary/aromatic N) is 1. The van der Waals surface area contributed by atoms with Gasteiger partial charge in [0.2, 0.25) is 5.91 Å². The minimum atomic E-state index is -0.612. The van der Waals surface area contributed by atoms with Gasteiger partial charge in [-0.15, -0.1) is 0 Å². The van der Waals surface area contributed by atoms with Gasteiger partial charge in [0, 0.05) is 11.6 Å². The van der Waals surface area contributed by atoms with Gasteiger partial charge in [0.05, 0.1) is 5.69 Å². The highest BCUT2D eigenvalue weighted by atomic mass is 35.5. The van der Waals surface area contributed by atoms with Crippen LogP contribution in [0, 0.1) is 12.7 Å². The zero-order valence-electron chi connectivity index (χ0n) is 15.1. The molecule has 1 atom stereocenters. The molecule has 2 aromatic rings. The van der Waals surface area contributed by atoms with E-state index < -0.39 is 11.9 Å². The van der Waals surface area contributed by atoms with Crippen LogP contribution in [0.2, 0.25) is 5.02 Å². The van der Waals surface area contributed by atoms with E-state index in [-0.39, 0.29) is 29.9 Å². The third kappa shape index (κ3) is 4.22. The first-order valence-corrected chi connectivity index (χ1v) is 9.06. The predicted octanol–water partition coefficient (Wildman–Crippen LogP) is 3.61. The number of ether oxygens (including phenoxy) is 1. The van der Waals surface area contributed by atoms with Gasteiger partial charge in [0.15, 0.2) is 6.10 Å². The first-order chi connectivity index (χ1) is 12.9. The maximum atomic E-state index is 13.1. The Morgan fingerprint density at radius 1 is 1.30 bits per heavy atom. The van der Waals surface area contributed by atoms with Gasteiger partial charge in [0.1, 0.15) is 18.1 Å². The molecule has 3 rings (SSSR count). The summed E-state index contributed by atoms with van der Waals surface area (Å²) in [6.45, 7) is 3.78. The average Bonchev–Trinajstić information content (AvgIpc) is 2.63. The maximum absolute atomic E-state index is 13.1. The number of anilines is 1. The number of hydrogen-bond donors (Lipinski definition) is 1. The van der Waals surface area contributed by atoms with E-state index in [0.29, 0.717) is 23.4 Å². The molecule has 5 nitrogen and oxygen atoms in total. The van der Waals surface area contributed by atoms with Crippen LogP contribution in [0.15, 0.2) is 36.4 Å². The van der Waals surface area contributed by atoms with E-state index in [9.17, 15) is 14.0 Å². The fraction of sp³-hybridized carbons (Fsp3) is 0.300. The lowest BCUT2D eigenvalue weighted by Crippen LogP contribution is -2.49. The number of nitrogens with one attached hydrogen (secondary N) is 1. The van der Waals surface area contributed by atoms with E-state index in [4.69, 9.17) is 16.3 Å². The van der Waals surface area contributed by atoms with Crippen LogP contribution < -0.4 is 15.0 Å². The standard InChI is InChI=1S/C20H20ClFN2O3/c1-3-17-20(26)24(16-8-12(2)4-7-18(16)27-17)11-19(25)23-10-13-5-6-14(22)9-15(13)21/h4-9,17H,3,10-11H2,1-2H3,(H,23,25)/t17-/m1/s1. The second kappa shape index (κ2) is 7.96. The number of aryl methyl sites for hydroxylation is 1. The van der Waals surface area contributed by atoms with Gasteiger partial charge in [-0.3, -0.25) is 14.5 Å². The van der Waals surface area contributed by atoms with E-state index in [1.165, 1.54) is 23.1 Å². The van der Waals surface area contributed by atoms with Crippen molar-refractivity contribution in [1.82, 2.24) is 5.32 Å². The molecule has 142 valence electrons. The number of benzene rings is 2. The second-order valence-corrected chi connectivity index (χ2v) is 6.83. The van der Waals surface area contributed by atoms with Crippen LogP contribution in [0.5, 0.6) is 5.75 Å². The summed E-state index contributed by atoms with van der Waals surface area (Å²) in [7, 11) is 0. The van der Waals surface area contributed by atoms with Crippen molar-refractivity contribution < 1.29 is 18.7 Å². The van der Waals surface area contributed by atoms with Crippen LogP contribution >= 0.6 is 11.6 Å². The van der Waals surface area contributed by atoms with E-state index in [0.717, 1.165) is 5.56 Å². The molecule has 2 amide bonds. The van der Waals surface area contributed by atoms with Crippen molar-refractivity contribution in [3.05, 3.63) is 58.4 Å². The first-order valence-electron chi connectivity index (χ1n) is 8.68. The third-order valence-corrected chi connectivity index (χ3v) is 4.73. The van der Waals surface area contributed by atoms with Crippen molar-refractivity contribution in [2.75, 3.05) is 11.4 Å². The van der Waals surface area contributed by atoms with Crippen molar-refractivity contribution in [1.29, 1.82) is 0 Å². The van der Waals surface area contributed by atoms with Crippen molar-refractivity contribution in [3.63, 3.8) is 0 Å². The Balaban J connectivity index is 1.74. The highest BCUT2D eigenvalue weighted by Crippen LogP contribution is 2.35. The molecule has 0 saturated heterocycles. The van der Waals surface area contributed by atoms with Crippen molar-refractivity contribution >= 4 is 29.1 Å². The monoisotopic (exact) mass is 390 g/mol. The molecule has 27 heavy (non-hydrogen) atoms. The number of rotatable bonds is 5. The fourth-order valence-corrected chi connectivity index (χ4v) is 3.15. The van der Waals surface area contributed by atoms with Crippen molar-refractivity contribution in [3.8, 4) is 5.75 Å². The molecular formula is C20H20ClFN2O3. The summed E-state index contributed by atoms with van der Waals surface area (Å²) >= 11 is 5.98. The zero-order valence-corrected chi connectivity index (χ0v) is 15.8. The molecule has 0 spiro atoms. The number of hydrogen-bond acceptors (Lipinski definition) is 3. The van der Waals surface area contributed by atoms with Crippen molar-refractivity contribution in [2.24, 2.45) is 0 Å². The largest absolute Gasteiger partial charge is 0.478 e. The molecule has 7 heteroatoms. The van der Waals surface area contributed by atoms with Crippen LogP contribution in [0.3, 0.4) is 0 Å². The highest BCUT2D eigenvalue weighted by Gasteiger charge is 2.34. The number of halogens is 2. The number of amides is 2. The molecule has 2 aromatic carbocycles. The Kier molecular flexibility index (Phi) is 5.65. The van der Waals surface area contributed by atoms with E-state index in [1.54, 1.807) is 0 Å². The summed E-state index contributed by atoms with van der Waals surface area (Å²) in [6.07, 6.45) is -0.102. The molecule has 0 aromatic heterocycles. The van der Waals surface area contributed by atoms with Gasteiger partial charge >= 0.3 is 0 Å². The summed E-state index contributed by atoms with van der Waals surface area (Å²) in [5.74, 6) is -0.438. The maximum Gasteiger partial charge on any atom is 0.268 e. The lowest BCUT2D eigenvalue weighted by Gasteiger charge is -2.33. The predicted molar refractivity (Wildman–Crippen MR) is 101 cm³/mol. The van der Waals surface area contributed by atoms with E-state index >= 15 is 0 Å². The molecule has 1 heterocycles. The molecule has 0 bridgehead atoms. The van der Waals surface area contributed by atoms with Gasteiger partial charge in [-0.25, -0.2) is 4.39 Å². The normalized spacial score (nSPS) is 15.9. The molecular weight excluding hydrogens is 371 g/mol. The molecule has 0 unspecified atom stereocenters. The van der Waals surface area contributed by atoms with Gasteiger partial charge in [0.25, 0.3) is 5.91 Å². The first kappa shape index (κ1) is 19.2. The topological polar surface area (TPSA) is 58.6 Å². The second-order valence-electron chi connectivity index (χ2n) is 6.42. The lowest BCUT2D eigenvalue weighted by atomic mass is 10.1. The molecule has 1 N–H and O–H groups in total. The summed E-state index contributed by atoms with van der Waals surface area (Å²) in [4.78, 5) is 26.6. The van der Waals surface area contributed by atoms with E-state index in [2.05, 4.69) is 5.32 Å². The molecule has 0 fully saturated rings. The molecule has 0 saturated carbocycles. The van der Waals surface area contributed by atoms with Crippen molar-refractivity contribution in [2.45, 2.75) is 32.9 Å². The van der Waals surface area contributed by atoms with Crippen LogP contribution in [0.25, 0.3) is 0 Å². The van der Waals surface area contributed by atoms with Crippen LogP contribution in [-0.4, -0.2) is 24.5 Å². The van der Waals surface area contributed by atoms with Crippen LogP contribution in [0.4, 0.5) is 10.1 Å². The summed E-state index contributed by atoms with van der Waals surface area (Å²) in [6, 6.07) is 9.52. The van der Waals surface area contributed by atoms with Crippen LogP contribution in [-0.2, 0) is 16.1 Å². The van der Waals surface area contributed by atoms with E-state index in [1.807, 2.05) is 32.0 Å². The third-order valence-electron chi connectivity index (χ3n) is 4.38. The number of carbonyl (C=O) groups excluding carboxylic acids is 2. The lowest BCUT2D eigenvalue weighted by molar-refractivity contribution is -0.129. The minimum absolute atomic E-state index is 0.131. The molecule has 0 radical (unpaired) electrons. The van der Waals surface area contributed by atoms with Gasteiger partial charge in [-0.1, -0.05) is 30.7 Å². The Morgan fingerprint density at radius 3 is 2.78 bits per heavy atom. The molecule has 1 aliphatic heterocycles. The number of carbonyl (C=O) groups is 2. The zero-order chi connectivity index (χ0) is 19.6. The summed E-state index contributed by atoms with van der Waals surface area (Å²) in [5.41, 5.74) is 2.14. The summed E-state index contributed by atoms with van der Waals surface area (Å²) in [5, 5.41) is 2.97. The SMILES string of the molecule is CC[C@H]1Oc2ccc(C)cc2N(CC(=O)NCc2ccc(F)cc2Cl)C1=O. The quantitative estimate of drug-likeness (QED) is 0.848. The molecule has 0 aliphatic carbocycles. The number of fused-ring (bicyclic) bond motifs is 1. The minimum Gasteiger partial charge on any atom is -0.478 e. The highest BCUT2D eigenvalue weighted by molar-refractivity contribution is 6.31. The Bertz CT molecular complexity index is 888. The fourth-order valence-electron chi connectivity index (χ4n) is 2.91. The Hall–Kier alpha value is -2.60. The Labute approximate surface area is 162 Å². The smallest absolute Gasteiger partial charge is 0.268 e. The van der Waals surface area contributed by atoms with Gasteiger partial charge in [-0.2, -0.15) is 0 Å². The van der Waals surface area contributed by atoms with Gasteiger partial charge in [-0.05, 0) is 48.7 Å². The summed E-state index contributed by atoms with van der Waals surface area (Å²) < 4.78 is 18.9. The molecule has 1 aliphatic rings.